The number of anilines is 1. The molecule has 1 aliphatic rings. The van der Waals surface area contributed by atoms with Crippen LogP contribution in [-0.4, -0.2) is 22.6 Å². The van der Waals surface area contributed by atoms with Gasteiger partial charge in [0.1, 0.15) is 5.82 Å². The molecule has 1 unspecified atom stereocenters. The van der Waals surface area contributed by atoms with Gasteiger partial charge in [-0.25, -0.2) is 4.39 Å². The fourth-order valence-corrected chi connectivity index (χ4v) is 3.29. The molecule has 1 aliphatic heterocycles. The number of hydrogen-bond donors (Lipinski definition) is 0. The van der Waals surface area contributed by atoms with E-state index in [4.69, 9.17) is 27.7 Å². The Labute approximate surface area is 158 Å². The van der Waals surface area contributed by atoms with Crippen molar-refractivity contribution >= 4 is 34.8 Å². The van der Waals surface area contributed by atoms with Gasteiger partial charge in [0.15, 0.2) is 5.82 Å². The number of halogens is 3. The predicted molar refractivity (Wildman–Crippen MR) is 95.9 cm³/mol. The van der Waals surface area contributed by atoms with Crippen molar-refractivity contribution in [3.8, 4) is 11.5 Å². The molecule has 1 atom stereocenters. The Balaban J connectivity index is 1.56. The number of hydrogen-bond acceptors (Lipinski definition) is 4. The third-order valence-corrected chi connectivity index (χ3v) is 4.74. The number of carbonyl (C=O) groups excluding carboxylic acids is 1. The van der Waals surface area contributed by atoms with Crippen LogP contribution in [0.15, 0.2) is 47.0 Å². The van der Waals surface area contributed by atoms with Crippen LogP contribution in [-0.2, 0) is 4.79 Å². The summed E-state index contributed by atoms with van der Waals surface area (Å²) in [5.41, 5.74) is 1.25. The Bertz CT molecular complexity index is 992. The van der Waals surface area contributed by atoms with Gasteiger partial charge in [-0.1, -0.05) is 34.4 Å². The molecule has 1 fully saturated rings. The first-order chi connectivity index (χ1) is 12.5. The highest BCUT2D eigenvalue weighted by Gasteiger charge is 2.34. The maximum Gasteiger partial charge on any atom is 0.257 e. The van der Waals surface area contributed by atoms with E-state index >= 15 is 0 Å². The third-order valence-electron chi connectivity index (χ3n) is 4.22. The largest absolute Gasteiger partial charge is 0.334 e. The molecular formula is C18H12Cl2FN3O2. The first-order valence-corrected chi connectivity index (χ1v) is 8.62. The summed E-state index contributed by atoms with van der Waals surface area (Å²) in [6, 6.07) is 11.3. The number of benzene rings is 2. The van der Waals surface area contributed by atoms with Gasteiger partial charge in [-0.2, -0.15) is 4.98 Å². The predicted octanol–water partition coefficient (Wildman–Crippen LogP) is 4.70. The van der Waals surface area contributed by atoms with Gasteiger partial charge >= 0.3 is 0 Å². The lowest BCUT2D eigenvalue weighted by atomic mass is 10.1. The summed E-state index contributed by atoms with van der Waals surface area (Å²) in [4.78, 5) is 18.3. The third kappa shape index (κ3) is 3.18. The van der Waals surface area contributed by atoms with Crippen molar-refractivity contribution in [2.45, 2.75) is 12.3 Å². The van der Waals surface area contributed by atoms with Crippen LogP contribution in [0.25, 0.3) is 11.5 Å². The Morgan fingerprint density at radius 2 is 2.04 bits per heavy atom. The zero-order valence-corrected chi connectivity index (χ0v) is 14.8. The fourth-order valence-electron chi connectivity index (χ4n) is 2.92. The summed E-state index contributed by atoms with van der Waals surface area (Å²) in [7, 11) is 0. The van der Waals surface area contributed by atoms with Crippen molar-refractivity contribution in [2.24, 2.45) is 0 Å². The monoisotopic (exact) mass is 391 g/mol. The number of amides is 1. The van der Waals surface area contributed by atoms with Crippen LogP contribution in [0.4, 0.5) is 10.1 Å². The lowest BCUT2D eigenvalue weighted by Gasteiger charge is -2.16. The van der Waals surface area contributed by atoms with Crippen LogP contribution < -0.4 is 4.90 Å². The number of carbonyl (C=O) groups is 1. The standard InChI is InChI=1S/C18H12Cl2FN3O2/c19-12-3-1-2-10(6-12)18-22-17(23-26-18)11-7-16(25)24(9-11)13-4-5-15(21)14(20)8-13/h1-6,8,11H,7,9H2. The number of nitrogens with zero attached hydrogens (tertiary/aromatic N) is 3. The second-order valence-corrected chi connectivity index (χ2v) is 6.82. The average molecular weight is 392 g/mol. The van der Waals surface area contributed by atoms with Crippen LogP contribution in [0.1, 0.15) is 18.2 Å². The van der Waals surface area contributed by atoms with E-state index in [0.29, 0.717) is 34.5 Å². The van der Waals surface area contributed by atoms with Gasteiger partial charge in [-0.05, 0) is 36.4 Å². The number of aromatic nitrogens is 2. The molecule has 1 amide bonds. The molecule has 0 spiro atoms. The molecule has 4 rings (SSSR count). The van der Waals surface area contributed by atoms with E-state index < -0.39 is 5.82 Å². The molecule has 3 aromatic rings. The van der Waals surface area contributed by atoms with E-state index in [9.17, 15) is 9.18 Å². The molecule has 5 nitrogen and oxygen atoms in total. The molecule has 0 bridgehead atoms. The molecule has 1 saturated heterocycles. The fraction of sp³-hybridized carbons (Fsp3) is 0.167. The zero-order valence-electron chi connectivity index (χ0n) is 13.3. The van der Waals surface area contributed by atoms with E-state index in [0.717, 1.165) is 0 Å². The lowest BCUT2D eigenvalue weighted by Crippen LogP contribution is -2.24. The van der Waals surface area contributed by atoms with Crippen molar-refractivity contribution in [3.05, 3.63) is 64.2 Å². The minimum Gasteiger partial charge on any atom is -0.334 e. The van der Waals surface area contributed by atoms with Gasteiger partial charge in [0.2, 0.25) is 5.91 Å². The van der Waals surface area contributed by atoms with Crippen LogP contribution in [0.3, 0.4) is 0 Å². The highest BCUT2D eigenvalue weighted by Crippen LogP contribution is 2.33. The first kappa shape index (κ1) is 17.0. The summed E-state index contributed by atoms with van der Waals surface area (Å²) >= 11 is 11.8. The Morgan fingerprint density at radius 3 is 2.81 bits per heavy atom. The van der Waals surface area contributed by atoms with E-state index in [-0.39, 0.29) is 23.3 Å². The molecule has 132 valence electrons. The van der Waals surface area contributed by atoms with Crippen molar-refractivity contribution in [1.29, 1.82) is 0 Å². The average Bonchev–Trinajstić information content (AvgIpc) is 3.24. The highest BCUT2D eigenvalue weighted by molar-refractivity contribution is 6.31. The van der Waals surface area contributed by atoms with Crippen LogP contribution >= 0.6 is 23.2 Å². The zero-order chi connectivity index (χ0) is 18.3. The maximum absolute atomic E-state index is 13.3. The van der Waals surface area contributed by atoms with Crippen molar-refractivity contribution in [3.63, 3.8) is 0 Å². The summed E-state index contributed by atoms with van der Waals surface area (Å²) < 4.78 is 18.6. The SMILES string of the molecule is O=C1CC(c2noc(-c3cccc(Cl)c3)n2)CN1c1ccc(F)c(Cl)c1. The van der Waals surface area contributed by atoms with Crippen molar-refractivity contribution < 1.29 is 13.7 Å². The van der Waals surface area contributed by atoms with Gasteiger partial charge in [0, 0.05) is 35.2 Å². The van der Waals surface area contributed by atoms with Crippen LogP contribution in [0, 0.1) is 5.82 Å². The summed E-state index contributed by atoms with van der Waals surface area (Å²) in [6.45, 7) is 0.370. The first-order valence-electron chi connectivity index (χ1n) is 7.86. The molecular weight excluding hydrogens is 380 g/mol. The molecule has 8 heteroatoms. The summed E-state index contributed by atoms with van der Waals surface area (Å²) in [5, 5.41) is 4.55. The lowest BCUT2D eigenvalue weighted by molar-refractivity contribution is -0.117. The van der Waals surface area contributed by atoms with E-state index in [1.54, 1.807) is 23.1 Å². The van der Waals surface area contributed by atoms with Crippen molar-refractivity contribution in [1.82, 2.24) is 10.1 Å². The Hall–Kier alpha value is -2.44. The summed E-state index contributed by atoms with van der Waals surface area (Å²) in [6.07, 6.45) is 0.240. The minimum absolute atomic E-state index is 0.0263. The maximum atomic E-state index is 13.3. The van der Waals surface area contributed by atoms with Gasteiger partial charge in [0.05, 0.1) is 5.02 Å². The van der Waals surface area contributed by atoms with Gasteiger partial charge in [-0.15, -0.1) is 0 Å². The molecule has 0 aliphatic carbocycles. The van der Waals surface area contributed by atoms with Gasteiger partial charge in [0.25, 0.3) is 5.89 Å². The van der Waals surface area contributed by atoms with Gasteiger partial charge in [-0.3, -0.25) is 4.79 Å². The smallest absolute Gasteiger partial charge is 0.257 e. The molecule has 0 radical (unpaired) electrons. The normalized spacial score (nSPS) is 17.1. The summed E-state index contributed by atoms with van der Waals surface area (Å²) in [5.74, 6) is -0.0556. The van der Waals surface area contributed by atoms with E-state index in [2.05, 4.69) is 10.1 Å². The quantitative estimate of drug-likeness (QED) is 0.648. The molecule has 26 heavy (non-hydrogen) atoms. The van der Waals surface area contributed by atoms with Crippen molar-refractivity contribution in [2.75, 3.05) is 11.4 Å². The molecule has 1 aromatic heterocycles. The molecule has 2 heterocycles. The Kier molecular flexibility index (Phi) is 4.38. The van der Waals surface area contributed by atoms with Gasteiger partial charge < -0.3 is 9.42 Å². The topological polar surface area (TPSA) is 59.2 Å². The van der Waals surface area contributed by atoms with Crippen LogP contribution in [0.2, 0.25) is 10.0 Å². The molecule has 0 saturated carbocycles. The minimum atomic E-state index is -0.525. The van der Waals surface area contributed by atoms with E-state index in [1.165, 1.54) is 18.2 Å². The second-order valence-electron chi connectivity index (χ2n) is 5.97. The highest BCUT2D eigenvalue weighted by atomic mass is 35.5. The number of rotatable bonds is 3. The van der Waals surface area contributed by atoms with Crippen LogP contribution in [0.5, 0.6) is 0 Å². The van der Waals surface area contributed by atoms with E-state index in [1.807, 2.05) is 6.07 Å². The molecule has 0 N–H and O–H groups in total. The molecule has 2 aromatic carbocycles. The second kappa shape index (κ2) is 6.70. The Morgan fingerprint density at radius 1 is 1.19 bits per heavy atom.